The van der Waals surface area contributed by atoms with Crippen molar-refractivity contribution in [2.75, 3.05) is 26.4 Å². The summed E-state index contributed by atoms with van der Waals surface area (Å²) in [5, 5.41) is 0. The van der Waals surface area contributed by atoms with Gasteiger partial charge in [-0.2, -0.15) is 4.31 Å². The highest BCUT2D eigenvalue weighted by atomic mass is 32.2. The Balaban J connectivity index is 1.55. The molecule has 0 saturated carbocycles. The highest BCUT2D eigenvalue weighted by molar-refractivity contribution is 7.89. The molecule has 1 aromatic carbocycles. The van der Waals surface area contributed by atoms with Crippen LogP contribution in [0.2, 0.25) is 0 Å². The molecule has 8 nitrogen and oxygen atoms in total. The van der Waals surface area contributed by atoms with Crippen molar-refractivity contribution in [1.29, 1.82) is 0 Å². The molecule has 0 radical (unpaired) electrons. The van der Waals surface area contributed by atoms with E-state index in [4.69, 9.17) is 9.47 Å². The van der Waals surface area contributed by atoms with E-state index in [-0.39, 0.29) is 17.6 Å². The summed E-state index contributed by atoms with van der Waals surface area (Å²) in [6.45, 7) is 4.05. The molecule has 1 fully saturated rings. The fourth-order valence-electron chi connectivity index (χ4n) is 3.71. The van der Waals surface area contributed by atoms with Gasteiger partial charge in [0, 0.05) is 39.4 Å². The molecule has 0 bridgehead atoms. The van der Waals surface area contributed by atoms with Crippen LogP contribution in [0.4, 0.5) is 0 Å². The summed E-state index contributed by atoms with van der Waals surface area (Å²) in [6, 6.07) is 7.09. The number of hydrogen-bond acceptors (Lipinski definition) is 5. The van der Waals surface area contributed by atoms with Crippen LogP contribution in [-0.4, -0.2) is 54.5 Å². The molecule has 0 N–H and O–H groups in total. The van der Waals surface area contributed by atoms with Crippen LogP contribution in [0.1, 0.15) is 35.8 Å². The maximum atomic E-state index is 13.1. The van der Waals surface area contributed by atoms with Gasteiger partial charge in [-0.15, -0.1) is 0 Å². The molecule has 156 valence electrons. The number of amides is 1. The van der Waals surface area contributed by atoms with Crippen LogP contribution < -0.4 is 9.47 Å². The van der Waals surface area contributed by atoms with E-state index in [1.54, 1.807) is 16.5 Å². The molecule has 0 aliphatic carbocycles. The van der Waals surface area contributed by atoms with Crippen LogP contribution in [0.5, 0.6) is 11.5 Å². The molecular weight excluding hydrogens is 394 g/mol. The SMILES string of the molecule is CCN(Cc1ccc2c(c1)OCO2)C(=O)c1cc(S(=O)(=O)N2CCCC2)cn1C. The minimum Gasteiger partial charge on any atom is -0.454 e. The number of nitrogens with zero attached hydrogens (tertiary/aromatic N) is 3. The number of hydrogen-bond donors (Lipinski definition) is 0. The highest BCUT2D eigenvalue weighted by Crippen LogP contribution is 2.33. The summed E-state index contributed by atoms with van der Waals surface area (Å²) in [5.41, 5.74) is 1.27. The maximum absolute atomic E-state index is 13.1. The van der Waals surface area contributed by atoms with Crippen molar-refractivity contribution in [3.05, 3.63) is 41.7 Å². The van der Waals surface area contributed by atoms with Crippen LogP contribution in [-0.2, 0) is 23.6 Å². The van der Waals surface area contributed by atoms with Gasteiger partial charge in [0.25, 0.3) is 5.91 Å². The molecule has 1 aromatic heterocycles. The van der Waals surface area contributed by atoms with E-state index in [1.807, 2.05) is 25.1 Å². The molecular formula is C20H25N3O5S. The molecule has 29 heavy (non-hydrogen) atoms. The van der Waals surface area contributed by atoms with Crippen molar-refractivity contribution < 1.29 is 22.7 Å². The first kappa shape index (κ1) is 19.8. The number of ether oxygens (including phenoxy) is 2. The molecule has 2 aromatic rings. The van der Waals surface area contributed by atoms with Gasteiger partial charge < -0.3 is 18.9 Å². The smallest absolute Gasteiger partial charge is 0.270 e. The number of aromatic nitrogens is 1. The second kappa shape index (κ2) is 7.72. The van der Waals surface area contributed by atoms with Crippen molar-refractivity contribution >= 4 is 15.9 Å². The molecule has 3 heterocycles. The van der Waals surface area contributed by atoms with Gasteiger partial charge in [-0.05, 0) is 43.5 Å². The number of rotatable bonds is 6. The Morgan fingerprint density at radius 3 is 2.59 bits per heavy atom. The number of carbonyl (C=O) groups is 1. The summed E-state index contributed by atoms with van der Waals surface area (Å²) >= 11 is 0. The van der Waals surface area contributed by atoms with Crippen LogP contribution in [0.25, 0.3) is 0 Å². The Hall–Kier alpha value is -2.52. The van der Waals surface area contributed by atoms with Crippen molar-refractivity contribution in [3.8, 4) is 11.5 Å². The average molecular weight is 420 g/mol. The van der Waals surface area contributed by atoms with Gasteiger partial charge in [-0.3, -0.25) is 4.79 Å². The minimum absolute atomic E-state index is 0.171. The summed E-state index contributed by atoms with van der Waals surface area (Å²) in [7, 11) is -1.86. The van der Waals surface area contributed by atoms with Crippen molar-refractivity contribution in [2.24, 2.45) is 7.05 Å². The maximum Gasteiger partial charge on any atom is 0.270 e. The van der Waals surface area contributed by atoms with Gasteiger partial charge in [0.1, 0.15) is 10.6 Å². The first-order chi connectivity index (χ1) is 13.9. The topological polar surface area (TPSA) is 81.1 Å². The van der Waals surface area contributed by atoms with Gasteiger partial charge in [-0.25, -0.2) is 8.42 Å². The van der Waals surface area contributed by atoms with Crippen molar-refractivity contribution in [2.45, 2.75) is 31.2 Å². The molecule has 9 heteroatoms. The molecule has 4 rings (SSSR count). The predicted molar refractivity (Wildman–Crippen MR) is 106 cm³/mol. The van der Waals surface area contributed by atoms with Crippen LogP contribution in [0.15, 0.2) is 35.4 Å². The fraction of sp³-hybridized carbons (Fsp3) is 0.450. The lowest BCUT2D eigenvalue weighted by molar-refractivity contribution is 0.0742. The van der Waals surface area contributed by atoms with Gasteiger partial charge in [0.2, 0.25) is 16.8 Å². The molecule has 0 unspecified atom stereocenters. The quantitative estimate of drug-likeness (QED) is 0.717. The second-order valence-electron chi connectivity index (χ2n) is 7.29. The van der Waals surface area contributed by atoms with Gasteiger partial charge >= 0.3 is 0 Å². The number of fused-ring (bicyclic) bond motifs is 1. The van der Waals surface area contributed by atoms with Crippen LogP contribution in [0, 0.1) is 0 Å². The Bertz CT molecular complexity index is 1020. The standard InChI is InChI=1S/C20H25N3O5S/c1-3-22(12-15-6-7-18-19(10-15)28-14-27-18)20(24)17-11-16(13-21(17)2)29(25,26)23-8-4-5-9-23/h6-7,10-11,13H,3-5,8-9,12,14H2,1-2H3. The second-order valence-corrected chi connectivity index (χ2v) is 9.23. The van der Waals surface area contributed by atoms with Crippen LogP contribution in [0.3, 0.4) is 0 Å². The monoisotopic (exact) mass is 419 g/mol. The largest absolute Gasteiger partial charge is 0.454 e. The number of aryl methyl sites for hydroxylation is 1. The number of benzene rings is 1. The number of carbonyl (C=O) groups excluding carboxylic acids is 1. The Morgan fingerprint density at radius 2 is 1.86 bits per heavy atom. The summed E-state index contributed by atoms with van der Waals surface area (Å²) in [6.07, 6.45) is 3.27. The van der Waals surface area contributed by atoms with E-state index in [0.29, 0.717) is 43.4 Å². The lowest BCUT2D eigenvalue weighted by Crippen LogP contribution is -2.31. The third kappa shape index (κ3) is 3.72. The molecule has 0 atom stereocenters. The van der Waals surface area contributed by atoms with E-state index in [9.17, 15) is 13.2 Å². The van der Waals surface area contributed by atoms with Crippen molar-refractivity contribution in [1.82, 2.24) is 13.8 Å². The van der Waals surface area contributed by atoms with E-state index in [1.165, 1.54) is 16.6 Å². The zero-order valence-electron chi connectivity index (χ0n) is 16.6. The lowest BCUT2D eigenvalue weighted by atomic mass is 10.2. The first-order valence-corrected chi connectivity index (χ1v) is 11.2. The fourth-order valence-corrected chi connectivity index (χ4v) is 5.30. The predicted octanol–water partition coefficient (Wildman–Crippen LogP) is 2.20. The molecule has 2 aliphatic rings. The molecule has 0 spiro atoms. The summed E-state index contributed by atoms with van der Waals surface area (Å²) in [5.74, 6) is 1.15. The third-order valence-electron chi connectivity index (χ3n) is 5.38. The van der Waals surface area contributed by atoms with Gasteiger partial charge in [0.15, 0.2) is 11.5 Å². The molecule has 2 aliphatic heterocycles. The number of sulfonamides is 1. The van der Waals surface area contributed by atoms with Crippen LogP contribution >= 0.6 is 0 Å². The van der Waals surface area contributed by atoms with E-state index in [2.05, 4.69) is 0 Å². The first-order valence-electron chi connectivity index (χ1n) is 9.74. The third-order valence-corrected chi connectivity index (χ3v) is 7.25. The Labute approximate surface area is 170 Å². The molecule has 1 amide bonds. The highest BCUT2D eigenvalue weighted by Gasteiger charge is 2.30. The lowest BCUT2D eigenvalue weighted by Gasteiger charge is -2.21. The van der Waals surface area contributed by atoms with Gasteiger partial charge in [-0.1, -0.05) is 6.07 Å². The zero-order chi connectivity index (χ0) is 20.6. The summed E-state index contributed by atoms with van der Waals surface area (Å²) in [4.78, 5) is 15.0. The van der Waals surface area contributed by atoms with E-state index in [0.717, 1.165) is 18.4 Å². The zero-order valence-corrected chi connectivity index (χ0v) is 17.4. The minimum atomic E-state index is -3.56. The summed E-state index contributed by atoms with van der Waals surface area (Å²) < 4.78 is 39.5. The van der Waals surface area contributed by atoms with Gasteiger partial charge in [0.05, 0.1) is 0 Å². The normalized spacial score (nSPS) is 16.3. The van der Waals surface area contributed by atoms with Crippen molar-refractivity contribution in [3.63, 3.8) is 0 Å². The van der Waals surface area contributed by atoms with E-state index >= 15 is 0 Å². The average Bonchev–Trinajstić information content (AvgIpc) is 3.45. The molecule has 1 saturated heterocycles. The Kier molecular flexibility index (Phi) is 5.26. The Morgan fingerprint density at radius 1 is 1.14 bits per heavy atom. The van der Waals surface area contributed by atoms with E-state index < -0.39 is 10.0 Å².